The summed E-state index contributed by atoms with van der Waals surface area (Å²) in [7, 11) is 0. The van der Waals surface area contributed by atoms with Crippen LogP contribution in [0.2, 0.25) is 0 Å². The van der Waals surface area contributed by atoms with E-state index >= 15 is 0 Å². The van der Waals surface area contributed by atoms with E-state index in [0.717, 1.165) is 18.4 Å². The fourth-order valence-electron chi connectivity index (χ4n) is 2.05. The highest BCUT2D eigenvalue weighted by molar-refractivity contribution is 5.22. The third kappa shape index (κ3) is 1.45. The Bertz CT molecular complexity index is 341. The van der Waals surface area contributed by atoms with E-state index in [2.05, 4.69) is 0 Å². The van der Waals surface area contributed by atoms with Gasteiger partial charge in [-0.1, -0.05) is 0 Å². The molecule has 76 valence electrons. The largest absolute Gasteiger partial charge is 0.618 e. The minimum atomic E-state index is -2.43. The molecular weight excluding hydrogens is 188 g/mol. The minimum Gasteiger partial charge on any atom is -0.618 e. The molecule has 0 spiro atoms. The molecule has 1 unspecified atom stereocenters. The average molecular weight is 199 g/mol. The first-order chi connectivity index (χ1) is 6.70. The van der Waals surface area contributed by atoms with Gasteiger partial charge < -0.3 is 5.21 Å². The third-order valence-electron chi connectivity index (χ3n) is 2.70. The summed E-state index contributed by atoms with van der Waals surface area (Å²) in [4.78, 5) is 0. The number of pyridine rings is 1. The van der Waals surface area contributed by atoms with Gasteiger partial charge in [0.25, 0.3) is 6.43 Å². The molecule has 0 aliphatic heterocycles. The second kappa shape index (κ2) is 3.52. The fourth-order valence-corrected chi connectivity index (χ4v) is 2.05. The number of halogens is 2. The second-order valence-electron chi connectivity index (χ2n) is 3.58. The van der Waals surface area contributed by atoms with E-state index in [9.17, 15) is 14.0 Å². The molecule has 2 nitrogen and oxygen atoms in total. The predicted molar refractivity (Wildman–Crippen MR) is 47.1 cm³/mol. The molecular formula is C10H11F2NO. The van der Waals surface area contributed by atoms with Crippen molar-refractivity contribution >= 4 is 0 Å². The Kier molecular flexibility index (Phi) is 2.35. The Balaban J connectivity index is 2.47. The second-order valence-corrected chi connectivity index (χ2v) is 3.58. The van der Waals surface area contributed by atoms with Crippen molar-refractivity contribution in [3.05, 3.63) is 34.8 Å². The summed E-state index contributed by atoms with van der Waals surface area (Å²) in [5.74, 6) is -0.877. The number of aryl methyl sites for hydroxylation is 1. The van der Waals surface area contributed by atoms with E-state index in [1.807, 2.05) is 0 Å². The molecule has 0 bridgehead atoms. The van der Waals surface area contributed by atoms with Gasteiger partial charge in [-0.25, -0.2) is 8.78 Å². The summed E-state index contributed by atoms with van der Waals surface area (Å²) >= 11 is 0. The zero-order valence-corrected chi connectivity index (χ0v) is 7.62. The van der Waals surface area contributed by atoms with E-state index in [4.69, 9.17) is 0 Å². The molecule has 1 aliphatic carbocycles. The average Bonchev–Trinajstić information content (AvgIpc) is 2.17. The molecule has 0 radical (unpaired) electrons. The maximum Gasteiger partial charge on any atom is 0.251 e. The van der Waals surface area contributed by atoms with Gasteiger partial charge in [0.2, 0.25) is 5.69 Å². The summed E-state index contributed by atoms with van der Waals surface area (Å²) < 4.78 is 25.8. The maximum atomic E-state index is 12.6. The Labute approximate surface area is 80.8 Å². The Morgan fingerprint density at radius 2 is 2.29 bits per heavy atom. The Morgan fingerprint density at radius 1 is 1.50 bits per heavy atom. The third-order valence-corrected chi connectivity index (χ3v) is 2.70. The smallest absolute Gasteiger partial charge is 0.251 e. The van der Waals surface area contributed by atoms with Crippen LogP contribution in [0.4, 0.5) is 8.78 Å². The Morgan fingerprint density at radius 3 is 3.00 bits per heavy atom. The van der Waals surface area contributed by atoms with Gasteiger partial charge in [0.15, 0.2) is 6.20 Å². The van der Waals surface area contributed by atoms with E-state index < -0.39 is 12.3 Å². The molecule has 0 N–H and O–H groups in total. The number of aromatic nitrogens is 1. The van der Waals surface area contributed by atoms with Crippen molar-refractivity contribution in [1.82, 2.24) is 0 Å². The van der Waals surface area contributed by atoms with Crippen LogP contribution in [0, 0.1) is 5.21 Å². The highest BCUT2D eigenvalue weighted by atomic mass is 19.3. The molecule has 1 heterocycles. The van der Waals surface area contributed by atoms with Crippen LogP contribution in [0.1, 0.15) is 30.0 Å². The van der Waals surface area contributed by atoms with Crippen molar-refractivity contribution in [3.8, 4) is 0 Å². The van der Waals surface area contributed by atoms with Crippen LogP contribution in [0.5, 0.6) is 0 Å². The van der Waals surface area contributed by atoms with E-state index in [1.54, 1.807) is 12.1 Å². The van der Waals surface area contributed by atoms with E-state index in [-0.39, 0.29) is 5.69 Å². The van der Waals surface area contributed by atoms with Gasteiger partial charge in [-0.15, -0.1) is 0 Å². The number of alkyl halides is 2. The molecule has 1 aliphatic rings. The van der Waals surface area contributed by atoms with Crippen LogP contribution in [-0.4, -0.2) is 6.43 Å². The first-order valence-corrected chi connectivity index (χ1v) is 4.69. The molecule has 1 aromatic heterocycles. The highest BCUT2D eigenvalue weighted by Crippen LogP contribution is 2.33. The van der Waals surface area contributed by atoms with E-state index in [0.29, 0.717) is 11.2 Å². The fraction of sp³-hybridized carbons (Fsp3) is 0.500. The van der Waals surface area contributed by atoms with Crippen LogP contribution in [-0.2, 0) is 6.42 Å². The zero-order valence-electron chi connectivity index (χ0n) is 7.62. The SMILES string of the molecule is [O-][n+]1cccc2c1C(C(F)F)CCC2. The van der Waals surface area contributed by atoms with Crippen LogP contribution >= 0.6 is 0 Å². The quantitative estimate of drug-likeness (QED) is 0.502. The summed E-state index contributed by atoms with van der Waals surface area (Å²) in [6.07, 6.45) is 0.751. The molecule has 0 saturated heterocycles. The number of hydrogen-bond donors (Lipinski definition) is 0. The number of fused-ring (bicyclic) bond motifs is 1. The predicted octanol–water partition coefficient (Wildman–Crippen LogP) is 2.01. The van der Waals surface area contributed by atoms with Gasteiger partial charge in [0.05, 0.1) is 0 Å². The van der Waals surface area contributed by atoms with Gasteiger partial charge in [-0.05, 0) is 25.3 Å². The molecule has 2 rings (SSSR count). The van der Waals surface area contributed by atoms with Crippen molar-refractivity contribution in [2.24, 2.45) is 0 Å². The first kappa shape index (κ1) is 9.37. The molecule has 0 aromatic carbocycles. The summed E-state index contributed by atoms with van der Waals surface area (Å²) in [5.41, 5.74) is 1.05. The summed E-state index contributed by atoms with van der Waals surface area (Å²) in [6.45, 7) is 0. The molecule has 14 heavy (non-hydrogen) atoms. The van der Waals surface area contributed by atoms with Crippen LogP contribution in [0.3, 0.4) is 0 Å². The van der Waals surface area contributed by atoms with Gasteiger partial charge >= 0.3 is 0 Å². The number of hydrogen-bond acceptors (Lipinski definition) is 1. The van der Waals surface area contributed by atoms with Gasteiger partial charge in [-0.3, -0.25) is 0 Å². The summed E-state index contributed by atoms with van der Waals surface area (Å²) in [5, 5.41) is 11.4. The van der Waals surface area contributed by atoms with Gasteiger partial charge in [0.1, 0.15) is 5.92 Å². The van der Waals surface area contributed by atoms with Crippen molar-refractivity contribution in [2.75, 3.05) is 0 Å². The zero-order chi connectivity index (χ0) is 10.1. The van der Waals surface area contributed by atoms with Gasteiger partial charge in [-0.2, -0.15) is 4.73 Å². The lowest BCUT2D eigenvalue weighted by Crippen LogP contribution is -2.38. The molecule has 0 amide bonds. The molecule has 0 fully saturated rings. The van der Waals surface area contributed by atoms with E-state index in [1.165, 1.54) is 6.20 Å². The van der Waals surface area contributed by atoms with Crippen molar-refractivity contribution in [1.29, 1.82) is 0 Å². The highest BCUT2D eigenvalue weighted by Gasteiger charge is 2.34. The van der Waals surface area contributed by atoms with Crippen molar-refractivity contribution < 1.29 is 13.5 Å². The molecule has 1 aromatic rings. The van der Waals surface area contributed by atoms with Crippen molar-refractivity contribution in [3.63, 3.8) is 0 Å². The number of nitrogens with zero attached hydrogens (tertiary/aromatic N) is 1. The van der Waals surface area contributed by atoms with Crippen LogP contribution in [0.15, 0.2) is 18.3 Å². The van der Waals surface area contributed by atoms with Crippen molar-refractivity contribution in [2.45, 2.75) is 31.6 Å². The summed E-state index contributed by atoms with van der Waals surface area (Å²) in [6, 6.07) is 3.37. The minimum absolute atomic E-state index is 0.272. The topological polar surface area (TPSA) is 26.9 Å². The lowest BCUT2D eigenvalue weighted by Gasteiger charge is -2.22. The van der Waals surface area contributed by atoms with Gasteiger partial charge in [0, 0.05) is 11.6 Å². The van der Waals surface area contributed by atoms with Crippen LogP contribution < -0.4 is 4.73 Å². The molecule has 1 atom stereocenters. The molecule has 4 heteroatoms. The molecule has 0 saturated carbocycles. The number of rotatable bonds is 1. The first-order valence-electron chi connectivity index (χ1n) is 4.69. The standard InChI is InChI=1S/C10H11F2NO/c11-10(12)8-5-1-3-7-4-2-6-13(14)9(7)8/h2,4,6,8,10H,1,3,5H2. The Hall–Kier alpha value is -1.19. The maximum absolute atomic E-state index is 12.6. The normalized spacial score (nSPS) is 20.9. The lowest BCUT2D eigenvalue weighted by molar-refractivity contribution is -0.617. The monoisotopic (exact) mass is 199 g/mol. The van der Waals surface area contributed by atoms with Crippen LogP contribution in [0.25, 0.3) is 0 Å². The lowest BCUT2D eigenvalue weighted by atomic mass is 9.87.